The third-order valence-corrected chi connectivity index (χ3v) is 9.38. The Kier molecular flexibility index (Phi) is 12.5. The number of hydrogen-bond acceptors (Lipinski definition) is 4. The average Bonchev–Trinajstić information content (AvgIpc) is 3.31. The molecule has 0 bridgehead atoms. The Morgan fingerprint density at radius 3 is 0.923 bits per heavy atom. The largest absolute Gasteiger partial charge is 0.488 e. The molecule has 19 heteroatoms. The van der Waals surface area contributed by atoms with Gasteiger partial charge in [0.25, 0.3) is 0 Å². The Balaban J connectivity index is 0.000000219. The highest BCUT2D eigenvalue weighted by atomic mass is 79.9. The summed E-state index contributed by atoms with van der Waals surface area (Å²) in [5.74, 6) is -4.45. The quantitative estimate of drug-likeness (QED) is 0.191. The van der Waals surface area contributed by atoms with E-state index in [0.29, 0.717) is 30.3 Å². The predicted octanol–water partition coefficient (Wildman–Crippen LogP) is 11.5. The van der Waals surface area contributed by atoms with Gasteiger partial charge in [0.2, 0.25) is 0 Å². The van der Waals surface area contributed by atoms with E-state index in [1.165, 1.54) is 0 Å². The van der Waals surface area contributed by atoms with E-state index in [1.54, 1.807) is 0 Å². The van der Waals surface area contributed by atoms with Gasteiger partial charge in [-0.2, -0.15) is 39.5 Å². The summed E-state index contributed by atoms with van der Waals surface area (Å²) in [7, 11) is -0.952. The SMILES string of the molecule is CC1(C)OB(B2OC(C)(C)C(C)(C)O2)OC1(C)C.Fc1cc(-c2ccc(C(F)(F)F)c(F)c2)ccc1C(F)(F)F.Fc1cc(Br)ccc1C(F)(F)F. The molecule has 286 valence electrons. The second-order valence-electron chi connectivity index (χ2n) is 13.8. The van der Waals surface area contributed by atoms with Crippen molar-refractivity contribution in [3.63, 3.8) is 0 Å². The number of halogens is 13. The molecule has 0 saturated carbocycles. The maximum Gasteiger partial charge on any atom is 0.488 e. The van der Waals surface area contributed by atoms with Gasteiger partial charge in [0.1, 0.15) is 17.5 Å². The van der Waals surface area contributed by atoms with E-state index in [-0.39, 0.29) is 38.0 Å². The molecule has 0 amide bonds. The summed E-state index contributed by atoms with van der Waals surface area (Å²) in [6, 6.07) is 6.20. The van der Waals surface area contributed by atoms with Crippen LogP contribution in [0.5, 0.6) is 0 Å². The minimum absolute atomic E-state index is 0.168. The fourth-order valence-electron chi connectivity index (χ4n) is 4.57. The molecule has 3 aromatic rings. The molecule has 0 aliphatic carbocycles. The van der Waals surface area contributed by atoms with Crippen LogP contribution in [0.2, 0.25) is 0 Å². The van der Waals surface area contributed by atoms with E-state index in [1.807, 2.05) is 55.4 Å². The van der Waals surface area contributed by atoms with Crippen molar-refractivity contribution in [2.75, 3.05) is 0 Å². The van der Waals surface area contributed by atoms with Gasteiger partial charge in [0.05, 0.1) is 39.1 Å². The topological polar surface area (TPSA) is 36.9 Å². The first-order valence-electron chi connectivity index (χ1n) is 15.3. The van der Waals surface area contributed by atoms with E-state index >= 15 is 0 Å². The van der Waals surface area contributed by atoms with E-state index in [2.05, 4.69) is 15.9 Å². The van der Waals surface area contributed by atoms with E-state index in [4.69, 9.17) is 18.6 Å². The first-order chi connectivity index (χ1) is 23.3. The van der Waals surface area contributed by atoms with Crippen molar-refractivity contribution in [1.82, 2.24) is 0 Å². The summed E-state index contributed by atoms with van der Waals surface area (Å²) < 4.78 is 174. The number of hydrogen-bond donors (Lipinski definition) is 0. The molecule has 2 heterocycles. The highest BCUT2D eigenvalue weighted by Gasteiger charge is 2.63. The monoisotopic (exact) mass is 822 g/mol. The minimum Gasteiger partial charge on any atom is -0.405 e. The molecule has 5 rings (SSSR count). The number of alkyl halides is 9. The molecule has 2 aliphatic heterocycles. The van der Waals surface area contributed by atoms with Crippen molar-refractivity contribution in [2.24, 2.45) is 0 Å². The molecular formula is C33H33B2BrF12O4. The molecule has 0 spiro atoms. The van der Waals surface area contributed by atoms with Gasteiger partial charge in [0.15, 0.2) is 0 Å². The first-order valence-corrected chi connectivity index (χ1v) is 16.1. The van der Waals surface area contributed by atoms with Crippen LogP contribution in [0, 0.1) is 17.5 Å². The van der Waals surface area contributed by atoms with Crippen LogP contribution in [-0.2, 0) is 37.1 Å². The van der Waals surface area contributed by atoms with E-state index in [9.17, 15) is 52.7 Å². The second kappa shape index (κ2) is 14.8. The fourth-order valence-corrected chi connectivity index (χ4v) is 4.90. The number of rotatable bonds is 2. The summed E-state index contributed by atoms with van der Waals surface area (Å²) in [5.41, 5.74) is -6.04. The summed E-state index contributed by atoms with van der Waals surface area (Å²) in [6.45, 7) is 16.2. The molecule has 0 N–H and O–H groups in total. The van der Waals surface area contributed by atoms with Crippen LogP contribution in [0.1, 0.15) is 72.1 Å². The van der Waals surface area contributed by atoms with Crippen LogP contribution < -0.4 is 0 Å². The van der Waals surface area contributed by atoms with Crippen LogP contribution >= 0.6 is 15.9 Å². The van der Waals surface area contributed by atoms with Gasteiger partial charge in [-0.15, -0.1) is 0 Å². The van der Waals surface area contributed by atoms with Gasteiger partial charge in [-0.1, -0.05) is 28.1 Å². The summed E-state index contributed by atoms with van der Waals surface area (Å²) >= 11 is 2.86. The predicted molar refractivity (Wildman–Crippen MR) is 173 cm³/mol. The van der Waals surface area contributed by atoms with Crippen molar-refractivity contribution < 1.29 is 71.3 Å². The lowest BCUT2D eigenvalue weighted by molar-refractivity contribution is -0.140. The Labute approximate surface area is 301 Å². The molecule has 0 unspecified atom stereocenters. The Morgan fingerprint density at radius 1 is 0.442 bits per heavy atom. The van der Waals surface area contributed by atoms with Crippen molar-refractivity contribution in [3.05, 3.63) is 93.2 Å². The van der Waals surface area contributed by atoms with Gasteiger partial charge in [-0.05, 0) is 109 Å². The lowest BCUT2D eigenvalue weighted by atomic mass is 9.49. The summed E-state index contributed by atoms with van der Waals surface area (Å²) in [5, 5.41) is 0. The zero-order valence-electron chi connectivity index (χ0n) is 28.9. The van der Waals surface area contributed by atoms with Crippen LogP contribution in [-0.4, -0.2) is 36.4 Å². The molecular weight excluding hydrogens is 790 g/mol. The van der Waals surface area contributed by atoms with Gasteiger partial charge in [-0.3, -0.25) is 0 Å². The molecule has 3 aromatic carbocycles. The standard InChI is InChI=1S/C14H6F8.C12H24B2O4.C7H3BrF4/c15-11-5-7(1-3-9(11)13(17,18)19)8-2-4-10(12(16)6-8)14(20,21)22;1-9(2)10(3,4)16-13(15-9)14-17-11(5,6)12(7,8)18-14;8-4-1-2-5(6(9)3-4)7(10,11)12/h1-6H;1-8H3;1-3H. The number of benzene rings is 3. The lowest BCUT2D eigenvalue weighted by Crippen LogP contribution is -2.41. The molecule has 0 aromatic heterocycles. The zero-order valence-corrected chi connectivity index (χ0v) is 30.5. The van der Waals surface area contributed by atoms with E-state index in [0.717, 1.165) is 24.3 Å². The third-order valence-electron chi connectivity index (χ3n) is 8.88. The van der Waals surface area contributed by atoms with Crippen LogP contribution in [0.3, 0.4) is 0 Å². The highest BCUT2D eigenvalue weighted by molar-refractivity contribution is 9.10. The average molecular weight is 823 g/mol. The first kappa shape index (κ1) is 43.7. The van der Waals surface area contributed by atoms with Gasteiger partial charge >= 0.3 is 32.5 Å². The minimum atomic E-state index is -4.89. The normalized spacial score (nSPS) is 19.1. The molecule has 4 nitrogen and oxygen atoms in total. The highest BCUT2D eigenvalue weighted by Crippen LogP contribution is 2.43. The molecule has 0 atom stereocenters. The molecule has 2 fully saturated rings. The maximum atomic E-state index is 13.4. The Hall–Kier alpha value is -2.73. The molecule has 2 aliphatic rings. The molecule has 2 saturated heterocycles. The Morgan fingerprint density at radius 2 is 0.692 bits per heavy atom. The van der Waals surface area contributed by atoms with Gasteiger partial charge in [-0.25, -0.2) is 13.2 Å². The fraction of sp³-hybridized carbons (Fsp3) is 0.455. The molecule has 0 radical (unpaired) electrons. The smallest absolute Gasteiger partial charge is 0.405 e. The second-order valence-corrected chi connectivity index (χ2v) is 14.7. The lowest BCUT2D eigenvalue weighted by Gasteiger charge is -2.32. The third kappa shape index (κ3) is 10.1. The van der Waals surface area contributed by atoms with Crippen molar-refractivity contribution in [2.45, 2.75) is 96.3 Å². The van der Waals surface area contributed by atoms with E-state index < -0.39 is 66.7 Å². The Bertz CT molecular complexity index is 1610. The van der Waals surface area contributed by atoms with Gasteiger partial charge < -0.3 is 18.6 Å². The summed E-state index contributed by atoms with van der Waals surface area (Å²) in [4.78, 5) is 0. The van der Waals surface area contributed by atoms with Gasteiger partial charge in [0, 0.05) is 4.47 Å². The maximum absolute atomic E-state index is 13.4. The van der Waals surface area contributed by atoms with Crippen molar-refractivity contribution >= 4 is 29.9 Å². The van der Waals surface area contributed by atoms with Crippen molar-refractivity contribution in [1.29, 1.82) is 0 Å². The zero-order chi connectivity index (χ0) is 40.0. The summed E-state index contributed by atoms with van der Waals surface area (Å²) in [6.07, 6.45) is -14.4. The van der Waals surface area contributed by atoms with Crippen molar-refractivity contribution in [3.8, 4) is 11.1 Å². The van der Waals surface area contributed by atoms with Crippen LogP contribution in [0.25, 0.3) is 11.1 Å². The molecule has 52 heavy (non-hydrogen) atoms. The van der Waals surface area contributed by atoms with Crippen LogP contribution in [0.15, 0.2) is 59.1 Å². The van der Waals surface area contributed by atoms with Crippen LogP contribution in [0.4, 0.5) is 52.7 Å².